The monoisotopic (exact) mass is 410 g/mol. The fourth-order valence-corrected chi connectivity index (χ4v) is 3.92. The SMILES string of the molecule is COc1ccc2c(c1F)C(=O)N(CC1(c3cc4ccncc4o3)NC(=O)NC1=O)C2. The van der Waals surface area contributed by atoms with Gasteiger partial charge in [0.1, 0.15) is 5.76 Å². The number of carbonyl (C=O) groups excluding carboxylic acids is 3. The predicted molar refractivity (Wildman–Crippen MR) is 100 cm³/mol. The molecule has 4 heterocycles. The van der Waals surface area contributed by atoms with E-state index >= 15 is 0 Å². The molecule has 1 fully saturated rings. The minimum atomic E-state index is -1.66. The number of furan rings is 1. The molecule has 1 aromatic carbocycles. The largest absolute Gasteiger partial charge is 0.494 e. The van der Waals surface area contributed by atoms with Crippen LogP contribution in [-0.2, 0) is 16.9 Å². The number of methoxy groups -OCH3 is 1. The Balaban J connectivity index is 1.56. The molecule has 152 valence electrons. The highest BCUT2D eigenvalue weighted by Gasteiger charge is 2.53. The molecule has 2 aliphatic heterocycles. The molecular weight excluding hydrogens is 395 g/mol. The van der Waals surface area contributed by atoms with Crippen molar-refractivity contribution in [3.63, 3.8) is 0 Å². The van der Waals surface area contributed by atoms with Gasteiger partial charge in [-0.05, 0) is 23.8 Å². The first-order valence-corrected chi connectivity index (χ1v) is 9.05. The van der Waals surface area contributed by atoms with E-state index in [9.17, 15) is 18.8 Å². The van der Waals surface area contributed by atoms with Crippen molar-refractivity contribution in [2.45, 2.75) is 12.1 Å². The van der Waals surface area contributed by atoms with Gasteiger partial charge in [0.05, 0.1) is 25.4 Å². The number of amides is 4. The van der Waals surface area contributed by atoms with Gasteiger partial charge < -0.3 is 19.4 Å². The standard InChI is InChI=1S/C20H15FN4O5/c1-29-12-3-2-11-8-25(17(26)15(11)16(12)21)9-20(18(27)23-19(28)24-20)14-6-10-4-5-22-7-13(10)30-14/h2-7H,8-9H2,1H3,(H2,23,24,27,28). The number of hydrogen-bond donors (Lipinski definition) is 2. The average Bonchev–Trinajstić information content (AvgIpc) is 3.37. The summed E-state index contributed by atoms with van der Waals surface area (Å²) < 4.78 is 25.4. The summed E-state index contributed by atoms with van der Waals surface area (Å²) in [4.78, 5) is 43.0. The minimum absolute atomic E-state index is 0.0460. The minimum Gasteiger partial charge on any atom is -0.494 e. The van der Waals surface area contributed by atoms with Crippen LogP contribution in [0.2, 0.25) is 0 Å². The number of hydrogen-bond acceptors (Lipinski definition) is 6. The van der Waals surface area contributed by atoms with Gasteiger partial charge in [0.15, 0.2) is 22.7 Å². The number of carbonyl (C=O) groups is 3. The molecule has 1 saturated heterocycles. The van der Waals surface area contributed by atoms with Gasteiger partial charge >= 0.3 is 6.03 Å². The first-order chi connectivity index (χ1) is 14.4. The van der Waals surface area contributed by atoms with E-state index in [-0.39, 0.29) is 30.2 Å². The number of aromatic nitrogens is 1. The van der Waals surface area contributed by atoms with Gasteiger partial charge in [-0.15, -0.1) is 0 Å². The number of fused-ring (bicyclic) bond motifs is 2. The Labute approximate surface area is 168 Å². The van der Waals surface area contributed by atoms with Crippen LogP contribution in [0.1, 0.15) is 21.7 Å². The molecule has 2 aliphatic rings. The van der Waals surface area contributed by atoms with Gasteiger partial charge in [0, 0.05) is 18.1 Å². The molecule has 2 aromatic heterocycles. The fraction of sp³-hybridized carbons (Fsp3) is 0.200. The summed E-state index contributed by atoms with van der Waals surface area (Å²) in [6, 6.07) is 5.64. The number of benzene rings is 1. The van der Waals surface area contributed by atoms with Crippen molar-refractivity contribution in [2.75, 3.05) is 13.7 Å². The molecule has 1 atom stereocenters. The number of ether oxygens (including phenoxy) is 1. The van der Waals surface area contributed by atoms with E-state index in [4.69, 9.17) is 9.15 Å². The fourth-order valence-electron chi connectivity index (χ4n) is 3.92. The van der Waals surface area contributed by atoms with Crippen molar-refractivity contribution in [1.82, 2.24) is 20.5 Å². The van der Waals surface area contributed by atoms with Crippen LogP contribution < -0.4 is 15.4 Å². The Bertz CT molecular complexity index is 1210. The zero-order valence-electron chi connectivity index (χ0n) is 15.7. The molecule has 0 radical (unpaired) electrons. The van der Waals surface area contributed by atoms with Crippen LogP contribution in [0.25, 0.3) is 11.0 Å². The van der Waals surface area contributed by atoms with Crippen LogP contribution in [0, 0.1) is 5.82 Å². The third kappa shape index (κ3) is 2.46. The molecule has 10 heteroatoms. The van der Waals surface area contributed by atoms with Crippen molar-refractivity contribution in [3.8, 4) is 5.75 Å². The van der Waals surface area contributed by atoms with Crippen LogP contribution in [0.3, 0.4) is 0 Å². The van der Waals surface area contributed by atoms with Gasteiger partial charge in [-0.25, -0.2) is 9.18 Å². The van der Waals surface area contributed by atoms with E-state index in [1.807, 2.05) is 0 Å². The van der Waals surface area contributed by atoms with Gasteiger partial charge in [-0.2, -0.15) is 0 Å². The summed E-state index contributed by atoms with van der Waals surface area (Å²) in [5.74, 6) is -1.92. The second kappa shape index (κ2) is 6.28. The summed E-state index contributed by atoms with van der Waals surface area (Å²) in [5, 5.41) is 5.45. The highest BCUT2D eigenvalue weighted by atomic mass is 19.1. The summed E-state index contributed by atoms with van der Waals surface area (Å²) in [7, 11) is 1.31. The van der Waals surface area contributed by atoms with Gasteiger partial charge in [-0.3, -0.25) is 19.9 Å². The Kier molecular flexibility index (Phi) is 3.79. The summed E-state index contributed by atoms with van der Waals surface area (Å²) in [6.07, 6.45) is 3.05. The van der Waals surface area contributed by atoms with Gasteiger partial charge in [-0.1, -0.05) is 6.07 Å². The first-order valence-electron chi connectivity index (χ1n) is 9.05. The quantitative estimate of drug-likeness (QED) is 0.633. The van der Waals surface area contributed by atoms with E-state index in [1.165, 1.54) is 24.3 Å². The number of rotatable bonds is 4. The number of pyridine rings is 1. The molecular formula is C20H15FN4O5. The molecule has 0 spiro atoms. The number of nitrogens with one attached hydrogen (secondary N) is 2. The number of halogens is 1. The molecule has 3 aromatic rings. The number of urea groups is 1. The lowest BCUT2D eigenvalue weighted by molar-refractivity contribution is -0.125. The molecule has 2 N–H and O–H groups in total. The third-order valence-electron chi connectivity index (χ3n) is 5.39. The lowest BCUT2D eigenvalue weighted by Crippen LogP contribution is -2.52. The maximum absolute atomic E-state index is 14.7. The maximum Gasteiger partial charge on any atom is 0.322 e. The molecule has 4 amide bonds. The average molecular weight is 410 g/mol. The summed E-state index contributed by atoms with van der Waals surface area (Å²) >= 11 is 0. The normalized spacial score (nSPS) is 20.5. The molecule has 9 nitrogen and oxygen atoms in total. The Hall–Kier alpha value is -3.95. The smallest absolute Gasteiger partial charge is 0.322 e. The third-order valence-corrected chi connectivity index (χ3v) is 5.39. The maximum atomic E-state index is 14.7. The second-order valence-corrected chi connectivity index (χ2v) is 7.11. The van der Waals surface area contributed by atoms with Gasteiger partial charge in [0.2, 0.25) is 0 Å². The van der Waals surface area contributed by atoms with E-state index in [2.05, 4.69) is 15.6 Å². The lowest BCUT2D eigenvalue weighted by Gasteiger charge is -2.29. The molecule has 1 unspecified atom stereocenters. The first kappa shape index (κ1) is 18.1. The van der Waals surface area contributed by atoms with E-state index in [1.54, 1.807) is 24.4 Å². The van der Waals surface area contributed by atoms with Crippen molar-refractivity contribution in [2.24, 2.45) is 0 Å². The Morgan fingerprint density at radius 3 is 2.83 bits per heavy atom. The molecule has 0 aliphatic carbocycles. The van der Waals surface area contributed by atoms with E-state index < -0.39 is 29.2 Å². The van der Waals surface area contributed by atoms with Crippen LogP contribution in [-0.4, -0.2) is 41.4 Å². The van der Waals surface area contributed by atoms with Crippen LogP contribution in [0.15, 0.2) is 41.1 Å². The highest BCUT2D eigenvalue weighted by molar-refractivity contribution is 6.08. The van der Waals surface area contributed by atoms with Crippen molar-refractivity contribution < 1.29 is 27.9 Å². The summed E-state index contributed by atoms with van der Waals surface area (Å²) in [6.45, 7) is -0.172. The molecule has 5 rings (SSSR count). The molecule has 0 saturated carbocycles. The highest BCUT2D eigenvalue weighted by Crippen LogP contribution is 2.36. The van der Waals surface area contributed by atoms with Crippen molar-refractivity contribution >= 4 is 28.8 Å². The zero-order chi connectivity index (χ0) is 21.0. The van der Waals surface area contributed by atoms with Crippen LogP contribution >= 0.6 is 0 Å². The van der Waals surface area contributed by atoms with Gasteiger partial charge in [0.25, 0.3) is 11.8 Å². The van der Waals surface area contributed by atoms with E-state index in [0.29, 0.717) is 16.5 Å². The number of nitrogens with zero attached hydrogens (tertiary/aromatic N) is 2. The van der Waals surface area contributed by atoms with Crippen LogP contribution in [0.4, 0.5) is 9.18 Å². The van der Waals surface area contributed by atoms with Crippen molar-refractivity contribution in [3.05, 3.63) is 59.4 Å². The molecule has 30 heavy (non-hydrogen) atoms. The Morgan fingerprint density at radius 1 is 1.30 bits per heavy atom. The topological polar surface area (TPSA) is 114 Å². The predicted octanol–water partition coefficient (Wildman–Crippen LogP) is 1.67. The number of imide groups is 1. The second-order valence-electron chi connectivity index (χ2n) is 7.11. The van der Waals surface area contributed by atoms with Crippen LogP contribution in [0.5, 0.6) is 5.75 Å². The lowest BCUT2D eigenvalue weighted by atomic mass is 9.95. The molecule has 0 bridgehead atoms. The zero-order valence-corrected chi connectivity index (χ0v) is 15.7. The Morgan fingerprint density at radius 2 is 2.13 bits per heavy atom. The summed E-state index contributed by atoms with van der Waals surface area (Å²) in [5.41, 5.74) is -0.878. The van der Waals surface area contributed by atoms with E-state index in [0.717, 1.165) is 0 Å². The van der Waals surface area contributed by atoms with Crippen molar-refractivity contribution in [1.29, 1.82) is 0 Å².